The molecule has 2 rings (SSSR count). The highest BCUT2D eigenvalue weighted by Crippen LogP contribution is 2.34. The summed E-state index contributed by atoms with van der Waals surface area (Å²) in [7, 11) is 0. The molecule has 1 aliphatic rings. The third kappa shape index (κ3) is 7.66. The topological polar surface area (TPSA) is 104 Å². The van der Waals surface area contributed by atoms with E-state index in [1.165, 1.54) is 25.7 Å². The Kier molecular flexibility index (Phi) is 10.00. The van der Waals surface area contributed by atoms with Crippen LogP contribution in [0.4, 0.5) is 0 Å². The summed E-state index contributed by atoms with van der Waals surface area (Å²) in [5, 5.41) is 18.2. The number of carbonyl (C=O) groups excluding carboxylic acids is 1. The van der Waals surface area contributed by atoms with Crippen LogP contribution in [-0.4, -0.2) is 49.9 Å². The Hall–Kier alpha value is -2.39. The molecule has 31 heavy (non-hydrogen) atoms. The summed E-state index contributed by atoms with van der Waals surface area (Å²) in [6.45, 7) is 2.85. The van der Waals surface area contributed by atoms with E-state index in [0.717, 1.165) is 40.8 Å². The Labute approximate surface area is 191 Å². The maximum absolute atomic E-state index is 12.7. The molecular weight excluding hydrogens is 438 g/mol. The molecule has 0 aromatic heterocycles. The molecule has 1 aromatic carbocycles. The molecule has 0 radical (unpaired) electrons. The minimum Gasteiger partial charge on any atom is -0.494 e. The van der Waals surface area contributed by atoms with Crippen molar-refractivity contribution < 1.29 is 29.3 Å². The van der Waals surface area contributed by atoms with Crippen molar-refractivity contribution in [2.45, 2.75) is 57.9 Å². The zero-order valence-corrected chi connectivity index (χ0v) is 19.0. The van der Waals surface area contributed by atoms with Crippen LogP contribution in [0.5, 0.6) is 5.75 Å². The van der Waals surface area contributed by atoms with Gasteiger partial charge in [-0.15, -0.1) is 0 Å². The lowest BCUT2D eigenvalue weighted by Crippen LogP contribution is -2.45. The highest BCUT2D eigenvalue weighted by molar-refractivity contribution is 8.26. The van der Waals surface area contributed by atoms with Gasteiger partial charge in [-0.3, -0.25) is 14.5 Å². The molecule has 1 aliphatic heterocycles. The number of hydrogen-bond donors (Lipinski definition) is 2. The van der Waals surface area contributed by atoms with Gasteiger partial charge in [-0.2, -0.15) is 0 Å². The molecule has 1 saturated heterocycles. The number of rotatable bonds is 13. The first-order valence-corrected chi connectivity index (χ1v) is 11.5. The van der Waals surface area contributed by atoms with Gasteiger partial charge in [-0.05, 0) is 30.2 Å². The average molecular weight is 466 g/mol. The molecule has 0 aliphatic carbocycles. The van der Waals surface area contributed by atoms with Crippen LogP contribution in [0.3, 0.4) is 0 Å². The van der Waals surface area contributed by atoms with Gasteiger partial charge in [0.1, 0.15) is 16.1 Å². The number of nitrogens with zero attached hydrogens (tertiary/aromatic N) is 1. The second kappa shape index (κ2) is 12.5. The lowest BCUT2D eigenvalue weighted by Gasteiger charge is -2.21. The number of aliphatic carboxylic acids is 2. The molecular formula is C22H27NO6S2. The van der Waals surface area contributed by atoms with Crippen molar-refractivity contribution in [3.05, 3.63) is 34.7 Å². The molecule has 1 fully saturated rings. The standard InChI is InChI=1S/C22H27NO6S2/c1-2-3-4-5-6-7-12-29-16-10-8-15(9-11-16)13-18-20(26)23(22(30)31-18)17(21(27)28)14-19(24)25/h8-11,13,17H,2-7,12,14H2,1H3,(H,24,25)(H,27,28)/b18-13+/t17-/m0/s1. The summed E-state index contributed by atoms with van der Waals surface area (Å²) in [6.07, 6.45) is 8.04. The van der Waals surface area contributed by atoms with Crippen molar-refractivity contribution >= 4 is 52.2 Å². The fourth-order valence-corrected chi connectivity index (χ4v) is 4.44. The number of carbonyl (C=O) groups is 3. The Bertz CT molecular complexity index is 837. The molecule has 0 spiro atoms. The van der Waals surface area contributed by atoms with Crippen molar-refractivity contribution in [3.8, 4) is 5.75 Å². The predicted octanol–water partition coefficient (Wildman–Crippen LogP) is 4.56. The molecule has 7 nitrogen and oxygen atoms in total. The summed E-state index contributed by atoms with van der Waals surface area (Å²) in [6, 6.07) is 5.69. The molecule has 0 unspecified atom stereocenters. The van der Waals surface area contributed by atoms with Gasteiger partial charge in [0.15, 0.2) is 0 Å². The molecule has 1 aromatic rings. The van der Waals surface area contributed by atoms with Crippen molar-refractivity contribution in [1.29, 1.82) is 0 Å². The SMILES string of the molecule is CCCCCCCCOc1ccc(/C=C2/SC(=S)N([C@@H](CC(=O)O)C(=O)O)C2=O)cc1. The Morgan fingerprint density at radius 1 is 1.13 bits per heavy atom. The largest absolute Gasteiger partial charge is 0.494 e. The van der Waals surface area contributed by atoms with E-state index in [1.54, 1.807) is 18.2 Å². The van der Waals surface area contributed by atoms with E-state index in [4.69, 9.17) is 22.1 Å². The highest BCUT2D eigenvalue weighted by atomic mass is 32.2. The van der Waals surface area contributed by atoms with Crippen molar-refractivity contribution in [2.24, 2.45) is 0 Å². The third-order valence-electron chi connectivity index (χ3n) is 4.73. The first-order chi connectivity index (χ1) is 14.8. The number of unbranched alkanes of at least 4 members (excludes halogenated alkanes) is 5. The van der Waals surface area contributed by atoms with Gasteiger partial charge in [-0.25, -0.2) is 4.79 Å². The number of carboxylic acid groups (broad SMARTS) is 2. The maximum Gasteiger partial charge on any atom is 0.327 e. The number of carboxylic acids is 2. The number of thioether (sulfide) groups is 1. The minimum atomic E-state index is -1.53. The Balaban J connectivity index is 1.94. The average Bonchev–Trinajstić information content (AvgIpc) is 2.99. The second-order valence-electron chi connectivity index (χ2n) is 7.19. The van der Waals surface area contributed by atoms with Crippen molar-refractivity contribution in [3.63, 3.8) is 0 Å². The van der Waals surface area contributed by atoms with Crippen LogP contribution in [0.1, 0.15) is 57.4 Å². The first kappa shape index (κ1) is 24.9. The number of hydrogen-bond acceptors (Lipinski definition) is 6. The van der Waals surface area contributed by atoms with Gasteiger partial charge in [0.05, 0.1) is 17.9 Å². The fraction of sp³-hybridized carbons (Fsp3) is 0.455. The van der Waals surface area contributed by atoms with E-state index in [9.17, 15) is 19.5 Å². The van der Waals surface area contributed by atoms with Crippen LogP contribution < -0.4 is 4.74 Å². The van der Waals surface area contributed by atoms with Crippen LogP contribution in [0.25, 0.3) is 6.08 Å². The van der Waals surface area contributed by atoms with Gasteiger partial charge >= 0.3 is 11.9 Å². The van der Waals surface area contributed by atoms with E-state index in [1.807, 2.05) is 12.1 Å². The smallest absolute Gasteiger partial charge is 0.327 e. The van der Waals surface area contributed by atoms with E-state index in [2.05, 4.69) is 6.92 Å². The molecule has 1 amide bonds. The lowest BCUT2D eigenvalue weighted by atomic mass is 10.1. The third-order valence-corrected chi connectivity index (χ3v) is 6.06. The van der Waals surface area contributed by atoms with Gasteiger partial charge in [0.25, 0.3) is 5.91 Å². The summed E-state index contributed by atoms with van der Waals surface area (Å²) < 4.78 is 5.78. The number of amides is 1. The van der Waals surface area contributed by atoms with Crippen molar-refractivity contribution in [1.82, 2.24) is 4.90 Å². The molecule has 9 heteroatoms. The lowest BCUT2D eigenvalue weighted by molar-refractivity contribution is -0.150. The number of benzene rings is 1. The molecule has 0 saturated carbocycles. The fourth-order valence-electron chi connectivity index (χ4n) is 3.09. The van der Waals surface area contributed by atoms with Gasteiger partial charge in [0.2, 0.25) is 0 Å². The quantitative estimate of drug-likeness (QED) is 0.248. The molecule has 168 valence electrons. The van der Waals surface area contributed by atoms with E-state index < -0.39 is 30.3 Å². The van der Waals surface area contributed by atoms with Crippen LogP contribution in [0.15, 0.2) is 29.2 Å². The van der Waals surface area contributed by atoms with Gasteiger partial charge in [-0.1, -0.05) is 75.1 Å². The maximum atomic E-state index is 12.7. The molecule has 2 N–H and O–H groups in total. The van der Waals surface area contributed by atoms with Crippen molar-refractivity contribution in [2.75, 3.05) is 6.61 Å². The molecule has 1 atom stereocenters. The highest BCUT2D eigenvalue weighted by Gasteiger charge is 2.41. The summed E-state index contributed by atoms with van der Waals surface area (Å²) in [5.74, 6) is -2.59. The second-order valence-corrected chi connectivity index (χ2v) is 8.86. The zero-order valence-electron chi connectivity index (χ0n) is 17.4. The summed E-state index contributed by atoms with van der Waals surface area (Å²) >= 11 is 6.08. The summed E-state index contributed by atoms with van der Waals surface area (Å²) in [5.41, 5.74) is 0.734. The number of ether oxygens (including phenoxy) is 1. The van der Waals surface area contributed by atoms with E-state index in [-0.39, 0.29) is 9.23 Å². The Morgan fingerprint density at radius 2 is 1.77 bits per heavy atom. The van der Waals surface area contributed by atoms with Crippen LogP contribution in [0.2, 0.25) is 0 Å². The minimum absolute atomic E-state index is 0.0313. The predicted molar refractivity (Wildman–Crippen MR) is 124 cm³/mol. The van der Waals surface area contributed by atoms with E-state index >= 15 is 0 Å². The van der Waals surface area contributed by atoms with Crippen LogP contribution >= 0.6 is 24.0 Å². The normalized spacial score (nSPS) is 16.0. The van der Waals surface area contributed by atoms with Crippen LogP contribution in [-0.2, 0) is 14.4 Å². The molecule has 1 heterocycles. The summed E-state index contributed by atoms with van der Waals surface area (Å²) in [4.78, 5) is 36.2. The number of thiocarbonyl (C=S) groups is 1. The van der Waals surface area contributed by atoms with Gasteiger partial charge < -0.3 is 14.9 Å². The first-order valence-electron chi connectivity index (χ1n) is 10.3. The molecule has 0 bridgehead atoms. The van der Waals surface area contributed by atoms with Gasteiger partial charge in [0, 0.05) is 0 Å². The monoisotopic (exact) mass is 465 g/mol. The van der Waals surface area contributed by atoms with E-state index in [0.29, 0.717) is 6.61 Å². The van der Waals surface area contributed by atoms with Crippen LogP contribution in [0, 0.1) is 0 Å². The zero-order chi connectivity index (χ0) is 22.8. The Morgan fingerprint density at radius 3 is 2.39 bits per heavy atom.